The van der Waals surface area contributed by atoms with Crippen LogP contribution in [0.5, 0.6) is 0 Å². The number of aliphatic hydroxyl groups is 2. The third-order valence-corrected chi connectivity index (χ3v) is 6.02. The molecule has 0 bridgehead atoms. The molecule has 1 aliphatic carbocycles. The number of unbranched alkanes of at least 4 members (excludes halogenated alkanes) is 1. The molecule has 2 rings (SSSR count). The molecule has 0 spiro atoms. The predicted molar refractivity (Wildman–Crippen MR) is 105 cm³/mol. The van der Waals surface area contributed by atoms with Gasteiger partial charge in [0.1, 0.15) is 11.9 Å². The molecule has 0 amide bonds. The highest BCUT2D eigenvalue weighted by atomic mass is 16.5. The third-order valence-electron chi connectivity index (χ3n) is 6.02. The summed E-state index contributed by atoms with van der Waals surface area (Å²) < 4.78 is 5.96. The molecule has 0 aromatic carbocycles. The summed E-state index contributed by atoms with van der Waals surface area (Å²) in [5, 5.41) is 38.9. The Hall–Kier alpha value is -1.84. The molecule has 1 aliphatic heterocycles. The van der Waals surface area contributed by atoms with Crippen LogP contribution in [0.4, 0.5) is 0 Å². The molecule has 6 heteroatoms. The van der Waals surface area contributed by atoms with E-state index in [9.17, 15) is 20.3 Å². The topological polar surface area (TPSA) is 111 Å². The van der Waals surface area contributed by atoms with Crippen molar-refractivity contribution in [2.75, 3.05) is 0 Å². The van der Waals surface area contributed by atoms with Crippen molar-refractivity contribution in [1.82, 2.24) is 0 Å². The van der Waals surface area contributed by atoms with Crippen molar-refractivity contribution in [1.29, 1.82) is 5.26 Å². The maximum absolute atomic E-state index is 10.7. The first-order valence-electron chi connectivity index (χ1n) is 10.4. The maximum Gasteiger partial charge on any atom is 0.303 e. The van der Waals surface area contributed by atoms with Crippen molar-refractivity contribution >= 4 is 5.97 Å². The van der Waals surface area contributed by atoms with Gasteiger partial charge >= 0.3 is 5.97 Å². The van der Waals surface area contributed by atoms with Crippen LogP contribution in [0.2, 0.25) is 0 Å². The lowest BCUT2D eigenvalue weighted by molar-refractivity contribution is -0.137. The Balaban J connectivity index is 2.00. The van der Waals surface area contributed by atoms with E-state index in [0.29, 0.717) is 37.0 Å². The van der Waals surface area contributed by atoms with Gasteiger partial charge in [-0.05, 0) is 25.2 Å². The van der Waals surface area contributed by atoms with E-state index in [0.717, 1.165) is 19.3 Å². The number of carbonyl (C=O) groups is 1. The number of nitrogens with zero attached hydrogens (tertiary/aromatic N) is 1. The molecule has 1 heterocycles. The fourth-order valence-electron chi connectivity index (χ4n) is 4.22. The molecule has 1 unspecified atom stereocenters. The minimum Gasteiger partial charge on any atom is -0.493 e. The van der Waals surface area contributed by atoms with E-state index >= 15 is 0 Å². The van der Waals surface area contributed by atoms with Crippen LogP contribution in [-0.2, 0) is 9.53 Å². The lowest BCUT2D eigenvalue weighted by atomic mass is 9.89. The predicted octanol–water partition coefficient (Wildman–Crippen LogP) is 3.55. The summed E-state index contributed by atoms with van der Waals surface area (Å²) >= 11 is 0. The molecule has 0 aromatic rings. The first kappa shape index (κ1) is 22.4. The van der Waals surface area contributed by atoms with Gasteiger partial charge in [0, 0.05) is 31.1 Å². The Bertz CT molecular complexity index is 635. The van der Waals surface area contributed by atoms with E-state index in [-0.39, 0.29) is 30.3 Å². The number of aliphatic carboxylic acids is 1. The van der Waals surface area contributed by atoms with Gasteiger partial charge in [0.25, 0.3) is 0 Å². The second-order valence-corrected chi connectivity index (χ2v) is 8.16. The number of carboxylic acid groups (broad SMARTS) is 1. The monoisotopic (exact) mass is 391 g/mol. The van der Waals surface area contributed by atoms with Crippen LogP contribution in [0, 0.1) is 29.1 Å². The van der Waals surface area contributed by atoms with Crippen molar-refractivity contribution in [2.24, 2.45) is 17.8 Å². The van der Waals surface area contributed by atoms with Crippen LogP contribution < -0.4 is 0 Å². The largest absolute Gasteiger partial charge is 0.493 e. The highest BCUT2D eigenvalue weighted by Crippen LogP contribution is 2.46. The summed E-state index contributed by atoms with van der Waals surface area (Å²) in [6, 6.07) is 2.16. The number of aliphatic hydroxyl groups excluding tert-OH is 2. The van der Waals surface area contributed by atoms with Crippen molar-refractivity contribution in [3.05, 3.63) is 23.5 Å². The molecule has 0 aromatic heterocycles. The molecule has 156 valence electrons. The van der Waals surface area contributed by atoms with Gasteiger partial charge in [0.2, 0.25) is 0 Å². The van der Waals surface area contributed by atoms with Gasteiger partial charge in [-0.1, -0.05) is 38.8 Å². The summed E-state index contributed by atoms with van der Waals surface area (Å²) in [4.78, 5) is 10.7. The van der Waals surface area contributed by atoms with Crippen molar-refractivity contribution < 1.29 is 24.9 Å². The second kappa shape index (κ2) is 10.6. The molecule has 0 radical (unpaired) electrons. The summed E-state index contributed by atoms with van der Waals surface area (Å²) in [6.07, 6.45) is 7.65. The number of ether oxygens (including phenoxy) is 1. The third kappa shape index (κ3) is 5.83. The Morgan fingerprint density at radius 2 is 2.14 bits per heavy atom. The van der Waals surface area contributed by atoms with E-state index in [4.69, 9.17) is 9.84 Å². The van der Waals surface area contributed by atoms with Crippen molar-refractivity contribution in [3.63, 3.8) is 0 Å². The zero-order chi connectivity index (χ0) is 20.7. The zero-order valence-electron chi connectivity index (χ0n) is 16.9. The van der Waals surface area contributed by atoms with Crippen LogP contribution in [0.25, 0.3) is 0 Å². The standard InChI is InChI=1S/C22H33NO5/c1-3-4-6-14(2)18(24)10-9-16-17-11-20(28-21(17)12-19(16)25)15(13-23)7-5-8-22(26)27/h9-10,14,16-19,21,24-25H,3-8,11-12H2,1-2H3,(H,26,27)/t14-,16+,17+,18+,19?,21-/m0/s1. The van der Waals surface area contributed by atoms with E-state index in [2.05, 4.69) is 13.0 Å². The number of carboxylic acids is 1. The zero-order valence-corrected chi connectivity index (χ0v) is 16.9. The number of allylic oxidation sites excluding steroid dienone is 2. The Labute approximate surface area is 167 Å². The molecule has 6 nitrogen and oxygen atoms in total. The minimum absolute atomic E-state index is 0.0312. The molecule has 1 saturated heterocycles. The quantitative estimate of drug-likeness (QED) is 0.388. The molecule has 2 fully saturated rings. The van der Waals surface area contributed by atoms with Crippen LogP contribution in [0.15, 0.2) is 23.5 Å². The molecule has 3 N–H and O–H groups in total. The number of hydrogen-bond acceptors (Lipinski definition) is 5. The average Bonchev–Trinajstić information content (AvgIpc) is 3.18. The first-order chi connectivity index (χ1) is 13.4. The summed E-state index contributed by atoms with van der Waals surface area (Å²) in [5.41, 5.74) is 0.515. The summed E-state index contributed by atoms with van der Waals surface area (Å²) in [7, 11) is 0. The van der Waals surface area contributed by atoms with E-state index in [1.165, 1.54) is 0 Å². The van der Waals surface area contributed by atoms with Gasteiger partial charge in [-0.15, -0.1) is 0 Å². The van der Waals surface area contributed by atoms with Crippen LogP contribution in [0.1, 0.15) is 65.2 Å². The SMILES string of the molecule is CCCC[C@H](C)[C@H](O)C=C[C@H]1C(O)C[C@@H]2OC(=C(C#N)CCCC(=O)O)C[C@@H]21. The van der Waals surface area contributed by atoms with Gasteiger partial charge in [0.05, 0.1) is 23.9 Å². The fourth-order valence-corrected chi connectivity index (χ4v) is 4.22. The molecule has 1 saturated carbocycles. The highest BCUT2D eigenvalue weighted by Gasteiger charge is 2.47. The smallest absolute Gasteiger partial charge is 0.303 e. The van der Waals surface area contributed by atoms with Crippen LogP contribution in [-0.4, -0.2) is 39.6 Å². The summed E-state index contributed by atoms with van der Waals surface area (Å²) in [5.74, 6) is -0.0615. The van der Waals surface area contributed by atoms with Crippen LogP contribution in [0.3, 0.4) is 0 Å². The molecular weight excluding hydrogens is 358 g/mol. The van der Waals surface area contributed by atoms with Crippen molar-refractivity contribution in [2.45, 2.75) is 83.5 Å². The fraction of sp³-hybridized carbons (Fsp3) is 0.727. The number of rotatable bonds is 10. The van der Waals surface area contributed by atoms with Gasteiger partial charge in [-0.2, -0.15) is 5.26 Å². The molecule has 2 aliphatic rings. The first-order valence-corrected chi connectivity index (χ1v) is 10.4. The van der Waals surface area contributed by atoms with Gasteiger partial charge in [-0.3, -0.25) is 4.79 Å². The highest BCUT2D eigenvalue weighted by molar-refractivity contribution is 5.66. The van der Waals surface area contributed by atoms with Gasteiger partial charge in [0.15, 0.2) is 0 Å². The van der Waals surface area contributed by atoms with Gasteiger partial charge in [-0.25, -0.2) is 0 Å². The maximum atomic E-state index is 10.7. The van der Waals surface area contributed by atoms with Gasteiger partial charge < -0.3 is 20.1 Å². The van der Waals surface area contributed by atoms with Crippen LogP contribution >= 0.6 is 0 Å². The minimum atomic E-state index is -0.869. The lowest BCUT2D eigenvalue weighted by Gasteiger charge is -2.18. The normalized spacial score (nSPS) is 30.5. The average molecular weight is 392 g/mol. The lowest BCUT2D eigenvalue weighted by Crippen LogP contribution is -2.20. The number of nitriles is 1. The number of hydrogen-bond donors (Lipinski definition) is 3. The van der Waals surface area contributed by atoms with Crippen molar-refractivity contribution in [3.8, 4) is 6.07 Å². The number of fused-ring (bicyclic) bond motifs is 1. The molecule has 6 atom stereocenters. The second-order valence-electron chi connectivity index (χ2n) is 8.16. The van der Waals surface area contributed by atoms with E-state index in [1.54, 1.807) is 6.08 Å². The summed E-state index contributed by atoms with van der Waals surface area (Å²) in [6.45, 7) is 4.17. The Kier molecular flexibility index (Phi) is 8.53. The molecule has 28 heavy (non-hydrogen) atoms. The Morgan fingerprint density at radius 3 is 2.79 bits per heavy atom. The molecular formula is C22H33NO5. The van der Waals surface area contributed by atoms with E-state index < -0.39 is 18.2 Å². The Morgan fingerprint density at radius 1 is 1.39 bits per heavy atom. The van der Waals surface area contributed by atoms with E-state index in [1.807, 2.05) is 13.0 Å².